The second-order valence-corrected chi connectivity index (χ2v) is 4.77. The number of carbonyl (C=O) groups excluding carboxylic acids is 1. The number of fused-ring (bicyclic) bond motifs is 1. The monoisotopic (exact) mass is 297 g/mol. The molecule has 0 atom stereocenters. The first-order chi connectivity index (χ1) is 10.7. The van der Waals surface area contributed by atoms with Crippen molar-refractivity contribution in [1.82, 2.24) is 9.97 Å². The Hall–Kier alpha value is -2.86. The number of benzene rings is 2. The number of carbonyl (C=O) groups is 1. The fourth-order valence-electron chi connectivity index (χ4n) is 2.05. The van der Waals surface area contributed by atoms with Gasteiger partial charge in [0.1, 0.15) is 5.75 Å². The number of aliphatic hydroxyl groups excluding tert-OH is 1. The summed E-state index contributed by atoms with van der Waals surface area (Å²) in [5.74, 6) is 0.335. The van der Waals surface area contributed by atoms with E-state index >= 15 is 0 Å². The van der Waals surface area contributed by atoms with Gasteiger partial charge >= 0.3 is 0 Å². The number of ether oxygens (including phenoxy) is 1. The molecule has 0 saturated heterocycles. The summed E-state index contributed by atoms with van der Waals surface area (Å²) in [5.41, 5.74) is 3.18. The van der Waals surface area contributed by atoms with Gasteiger partial charge < -0.3 is 20.1 Å². The number of H-pyrrole nitrogens is 1. The van der Waals surface area contributed by atoms with Crippen molar-refractivity contribution in [2.75, 3.05) is 11.9 Å². The van der Waals surface area contributed by atoms with Crippen molar-refractivity contribution in [2.45, 2.75) is 6.61 Å². The molecule has 0 spiro atoms. The Labute approximate surface area is 126 Å². The number of hydrogen-bond donors (Lipinski definition) is 3. The van der Waals surface area contributed by atoms with E-state index in [2.05, 4.69) is 15.3 Å². The minimum Gasteiger partial charge on any atom is -0.484 e. The van der Waals surface area contributed by atoms with E-state index < -0.39 is 0 Å². The number of hydrogen-bond acceptors (Lipinski definition) is 4. The van der Waals surface area contributed by atoms with Crippen LogP contribution in [-0.4, -0.2) is 27.6 Å². The fraction of sp³-hybridized carbons (Fsp3) is 0.125. The lowest BCUT2D eigenvalue weighted by atomic mass is 10.2. The molecule has 1 heterocycles. The molecule has 112 valence electrons. The van der Waals surface area contributed by atoms with E-state index in [0.29, 0.717) is 11.4 Å². The number of nitrogens with one attached hydrogen (secondary N) is 2. The third-order valence-electron chi connectivity index (χ3n) is 3.18. The Balaban J connectivity index is 1.57. The largest absolute Gasteiger partial charge is 0.484 e. The van der Waals surface area contributed by atoms with Crippen molar-refractivity contribution in [1.29, 1.82) is 0 Å². The van der Waals surface area contributed by atoms with Crippen LogP contribution < -0.4 is 10.1 Å². The van der Waals surface area contributed by atoms with Gasteiger partial charge in [0.2, 0.25) is 0 Å². The Morgan fingerprint density at radius 1 is 1.23 bits per heavy atom. The lowest BCUT2D eigenvalue weighted by molar-refractivity contribution is -0.118. The Kier molecular flexibility index (Phi) is 4.02. The molecule has 2 aromatic carbocycles. The van der Waals surface area contributed by atoms with E-state index in [1.807, 2.05) is 12.1 Å². The first kappa shape index (κ1) is 14.1. The molecular formula is C16H15N3O3. The van der Waals surface area contributed by atoms with E-state index in [9.17, 15) is 4.79 Å². The predicted molar refractivity (Wildman–Crippen MR) is 82.6 cm³/mol. The molecule has 0 bridgehead atoms. The molecule has 0 radical (unpaired) electrons. The van der Waals surface area contributed by atoms with Gasteiger partial charge in [0.15, 0.2) is 6.61 Å². The number of aromatic amines is 1. The molecule has 0 saturated carbocycles. The van der Waals surface area contributed by atoms with Crippen LogP contribution in [-0.2, 0) is 11.4 Å². The standard InChI is InChI=1S/C16H15N3O3/c20-8-11-1-4-13(5-2-11)22-9-16(21)19-12-3-6-14-15(7-12)18-10-17-14/h1-7,10,20H,8-9H2,(H,17,18)(H,19,21). The summed E-state index contributed by atoms with van der Waals surface area (Å²) in [4.78, 5) is 19.0. The molecule has 0 aliphatic heterocycles. The highest BCUT2D eigenvalue weighted by molar-refractivity contribution is 5.93. The zero-order valence-electron chi connectivity index (χ0n) is 11.7. The van der Waals surface area contributed by atoms with Crippen molar-refractivity contribution in [3.63, 3.8) is 0 Å². The number of aromatic nitrogens is 2. The summed E-state index contributed by atoms with van der Waals surface area (Å²) in [5, 5.41) is 11.7. The van der Waals surface area contributed by atoms with Crippen molar-refractivity contribution in [3.05, 3.63) is 54.4 Å². The number of nitrogens with zero attached hydrogens (tertiary/aromatic N) is 1. The van der Waals surface area contributed by atoms with Gasteiger partial charge in [-0.3, -0.25) is 4.79 Å². The molecule has 3 rings (SSSR count). The minimum absolute atomic E-state index is 0.0170. The predicted octanol–water partition coefficient (Wildman–Crippen LogP) is 2.07. The third kappa shape index (κ3) is 3.24. The van der Waals surface area contributed by atoms with E-state index in [1.54, 1.807) is 36.7 Å². The SMILES string of the molecule is O=C(COc1ccc(CO)cc1)Nc1ccc2nc[nH]c2c1. The number of aliphatic hydroxyl groups is 1. The van der Waals surface area contributed by atoms with Gasteiger partial charge in [0, 0.05) is 5.69 Å². The quantitative estimate of drug-likeness (QED) is 0.673. The zero-order chi connectivity index (χ0) is 15.4. The van der Waals surface area contributed by atoms with Crippen LogP contribution in [0.3, 0.4) is 0 Å². The van der Waals surface area contributed by atoms with Crippen LogP contribution in [0.25, 0.3) is 11.0 Å². The molecule has 22 heavy (non-hydrogen) atoms. The van der Waals surface area contributed by atoms with Crippen molar-refractivity contribution in [3.8, 4) is 5.75 Å². The molecule has 1 aromatic heterocycles. The molecular weight excluding hydrogens is 282 g/mol. The fourth-order valence-corrected chi connectivity index (χ4v) is 2.05. The first-order valence-corrected chi connectivity index (χ1v) is 6.80. The molecule has 0 aliphatic rings. The molecule has 3 aromatic rings. The van der Waals surface area contributed by atoms with Crippen LogP contribution in [0.1, 0.15) is 5.56 Å². The molecule has 3 N–H and O–H groups in total. The Morgan fingerprint density at radius 3 is 2.82 bits per heavy atom. The van der Waals surface area contributed by atoms with Gasteiger partial charge in [-0.2, -0.15) is 0 Å². The maximum absolute atomic E-state index is 11.9. The average Bonchev–Trinajstić information content (AvgIpc) is 3.01. The number of imidazole rings is 1. The maximum Gasteiger partial charge on any atom is 0.262 e. The highest BCUT2D eigenvalue weighted by Gasteiger charge is 2.05. The third-order valence-corrected chi connectivity index (χ3v) is 3.18. The highest BCUT2D eigenvalue weighted by Crippen LogP contribution is 2.16. The van der Waals surface area contributed by atoms with Gasteiger partial charge in [0.25, 0.3) is 5.91 Å². The lowest BCUT2D eigenvalue weighted by Crippen LogP contribution is -2.20. The Morgan fingerprint density at radius 2 is 2.05 bits per heavy atom. The van der Waals surface area contributed by atoms with E-state index in [1.165, 1.54) is 0 Å². The van der Waals surface area contributed by atoms with Crippen molar-refractivity contribution in [2.24, 2.45) is 0 Å². The molecule has 1 amide bonds. The number of anilines is 1. The average molecular weight is 297 g/mol. The topological polar surface area (TPSA) is 87.2 Å². The number of amides is 1. The summed E-state index contributed by atoms with van der Waals surface area (Å²) < 4.78 is 5.40. The van der Waals surface area contributed by atoms with Gasteiger partial charge in [0.05, 0.1) is 24.0 Å². The summed E-state index contributed by atoms with van der Waals surface area (Å²) in [7, 11) is 0. The highest BCUT2D eigenvalue weighted by atomic mass is 16.5. The minimum atomic E-state index is -0.245. The van der Waals surface area contributed by atoms with Crippen molar-refractivity contribution >= 4 is 22.6 Å². The second kappa shape index (κ2) is 6.28. The first-order valence-electron chi connectivity index (χ1n) is 6.80. The van der Waals surface area contributed by atoms with Crippen LogP contribution in [0.15, 0.2) is 48.8 Å². The maximum atomic E-state index is 11.9. The molecule has 6 nitrogen and oxygen atoms in total. The van der Waals surface area contributed by atoms with Crippen molar-refractivity contribution < 1.29 is 14.6 Å². The van der Waals surface area contributed by atoms with Gasteiger partial charge in [-0.05, 0) is 35.9 Å². The van der Waals surface area contributed by atoms with Crippen LogP contribution in [0.4, 0.5) is 5.69 Å². The molecule has 0 unspecified atom stereocenters. The van der Waals surface area contributed by atoms with E-state index in [-0.39, 0.29) is 19.1 Å². The summed E-state index contributed by atoms with van der Waals surface area (Å²) >= 11 is 0. The Bertz CT molecular complexity index is 781. The molecule has 6 heteroatoms. The molecule has 0 fully saturated rings. The van der Waals surface area contributed by atoms with E-state index in [4.69, 9.17) is 9.84 Å². The van der Waals surface area contributed by atoms with E-state index in [0.717, 1.165) is 16.6 Å². The summed E-state index contributed by atoms with van der Waals surface area (Å²) in [6.45, 7) is -0.101. The normalized spacial score (nSPS) is 10.6. The van der Waals surface area contributed by atoms with Gasteiger partial charge in [-0.15, -0.1) is 0 Å². The second-order valence-electron chi connectivity index (χ2n) is 4.77. The van der Waals surface area contributed by atoms with Crippen LogP contribution in [0.5, 0.6) is 5.75 Å². The summed E-state index contributed by atoms with van der Waals surface area (Å²) in [6.07, 6.45) is 1.61. The van der Waals surface area contributed by atoms with Crippen LogP contribution >= 0.6 is 0 Å². The van der Waals surface area contributed by atoms with Gasteiger partial charge in [-0.25, -0.2) is 4.98 Å². The number of rotatable bonds is 5. The van der Waals surface area contributed by atoms with Crippen LogP contribution in [0.2, 0.25) is 0 Å². The molecule has 0 aliphatic carbocycles. The van der Waals surface area contributed by atoms with Gasteiger partial charge in [-0.1, -0.05) is 12.1 Å². The lowest BCUT2D eigenvalue weighted by Gasteiger charge is -2.08. The summed E-state index contributed by atoms with van der Waals surface area (Å²) in [6, 6.07) is 12.4. The zero-order valence-corrected chi connectivity index (χ0v) is 11.7. The van der Waals surface area contributed by atoms with Crippen LogP contribution in [0, 0.1) is 0 Å². The smallest absolute Gasteiger partial charge is 0.262 e.